The maximum Gasteiger partial charge on any atom is 0.460 e. The summed E-state index contributed by atoms with van der Waals surface area (Å²) in [6.45, 7) is 0. The van der Waals surface area contributed by atoms with Crippen LogP contribution in [-0.4, -0.2) is 71.4 Å². The molecule has 0 atom stereocenters. The van der Waals surface area contributed by atoms with Gasteiger partial charge < -0.3 is 4.18 Å². The van der Waals surface area contributed by atoms with Gasteiger partial charge in [0.1, 0.15) is 0 Å². The predicted octanol–water partition coefficient (Wildman–Crippen LogP) is 14.3. The van der Waals surface area contributed by atoms with E-state index >= 15 is 17.6 Å². The van der Waals surface area contributed by atoms with Gasteiger partial charge in [0.05, 0.1) is 0 Å². The summed E-state index contributed by atoms with van der Waals surface area (Å²) < 4.78 is 327. The maximum absolute atomic E-state index is 15.3. The molecule has 0 N–H and O–H groups in total. The first-order valence-electron chi connectivity index (χ1n) is 14.3. The summed E-state index contributed by atoms with van der Waals surface area (Å²) in [5.74, 6) is -95.0. The van der Waals surface area contributed by atoms with Crippen LogP contribution in [0.3, 0.4) is 0 Å². The Hall–Kier alpha value is -3.26. The van der Waals surface area contributed by atoms with Gasteiger partial charge >= 0.3 is 71.4 Å². The van der Waals surface area contributed by atoms with Crippen molar-refractivity contribution in [3.8, 4) is 0 Å². The molecule has 0 amide bonds. The van der Waals surface area contributed by atoms with Crippen molar-refractivity contribution in [2.75, 3.05) is 0 Å². The van der Waals surface area contributed by atoms with Crippen LogP contribution >= 0.6 is 45.1 Å². The van der Waals surface area contributed by atoms with Crippen LogP contribution in [0, 0.1) is 0 Å². The average molecular weight is 980 g/mol. The first kappa shape index (κ1) is 50.1. The number of hydrogen-bond acceptors (Lipinski definition) is 2. The Balaban J connectivity index is 2.27. The van der Waals surface area contributed by atoms with E-state index in [9.17, 15) is 88.2 Å². The van der Waals surface area contributed by atoms with Gasteiger partial charge in [-0.1, -0.05) is 34.8 Å². The van der Waals surface area contributed by atoms with E-state index in [-0.39, 0.29) is 15.1 Å². The molecule has 0 aliphatic rings. The number of carbonyl (C=O) groups excluding carboxylic acids is 1. The topological polar surface area (TPSA) is 26.3 Å². The molecule has 3 aromatic carbocycles. The first-order chi connectivity index (χ1) is 26.1. The van der Waals surface area contributed by atoms with Crippen LogP contribution in [0.4, 0.5) is 101 Å². The molecule has 0 aliphatic heterocycles. The van der Waals surface area contributed by atoms with Crippen molar-refractivity contribution in [3.63, 3.8) is 0 Å². The third kappa shape index (κ3) is 7.17. The molecule has 0 saturated carbocycles. The van der Waals surface area contributed by atoms with E-state index in [1.54, 1.807) is 0 Å². The molecule has 0 aliphatic carbocycles. The molecule has 0 unspecified atom stereocenters. The van der Waals surface area contributed by atoms with Crippen molar-refractivity contribution < 1.29 is 110 Å². The number of alkyl halides is 23. The van der Waals surface area contributed by atoms with Crippen molar-refractivity contribution in [2.24, 2.45) is 0 Å². The molecule has 3 aromatic rings. The van der Waals surface area contributed by atoms with E-state index in [2.05, 4.69) is 4.18 Å². The van der Waals surface area contributed by atoms with Gasteiger partial charge in [-0.15, -0.1) is 0 Å². The van der Waals surface area contributed by atoms with Gasteiger partial charge in [0.15, 0.2) is 0 Å². The highest BCUT2D eigenvalue weighted by molar-refractivity contribution is 8.30. The molecule has 0 bridgehead atoms. The molecule has 3 rings (SSSR count). The standard InChI is InChI=1S/C30H12Cl3F23O2S/c31-13-1-7-16(8-2-13)59(17-9-3-14(32)4-10-17,18-11-5-15(33)6-12-18)58-19(57)20(34,35)21(36,37)22(38,39)23(40,41)24(42,43)25(44,45)26(46,47)27(48,49)28(50,51)29(52,53)30(54,55)56/h1-12H. The second-order valence-electron chi connectivity index (χ2n) is 11.5. The fourth-order valence-corrected chi connectivity index (χ4v) is 7.85. The molecule has 0 aromatic heterocycles. The molecule has 2 nitrogen and oxygen atoms in total. The fraction of sp³-hybridized carbons (Fsp3) is 0.367. The van der Waals surface area contributed by atoms with Gasteiger partial charge in [0, 0.05) is 29.8 Å². The van der Waals surface area contributed by atoms with E-state index in [0.29, 0.717) is 0 Å². The molecule has 0 heterocycles. The van der Waals surface area contributed by atoms with Crippen LogP contribution < -0.4 is 0 Å². The van der Waals surface area contributed by atoms with E-state index < -0.39 is 96.4 Å². The minimum absolute atomic E-state index is 0.210. The van der Waals surface area contributed by atoms with E-state index in [1.807, 2.05) is 0 Å². The average Bonchev–Trinajstić information content (AvgIpc) is 3.10. The normalized spacial score (nSPS) is 15.3. The maximum atomic E-state index is 15.3. The lowest BCUT2D eigenvalue weighted by molar-refractivity contribution is -0.477. The van der Waals surface area contributed by atoms with Crippen LogP contribution in [-0.2, 0) is 8.98 Å². The Morgan fingerprint density at radius 3 is 0.780 bits per heavy atom. The summed E-state index contributed by atoms with van der Waals surface area (Å²) in [5.41, 5.74) is 0. The van der Waals surface area contributed by atoms with E-state index in [0.717, 1.165) is 72.8 Å². The van der Waals surface area contributed by atoms with Gasteiger partial charge in [-0.05, 0) is 83.1 Å². The van der Waals surface area contributed by atoms with Gasteiger partial charge in [0.25, 0.3) is 0 Å². The highest BCUT2D eigenvalue weighted by atomic mass is 35.5. The number of benzene rings is 3. The van der Waals surface area contributed by atoms with Gasteiger partial charge in [0.2, 0.25) is 0 Å². The Bertz CT molecular complexity index is 1890. The predicted molar refractivity (Wildman–Crippen MR) is 158 cm³/mol. The molecule has 0 spiro atoms. The molecule has 332 valence electrons. The minimum atomic E-state index is -9.59. The zero-order valence-corrected chi connectivity index (χ0v) is 30.1. The van der Waals surface area contributed by atoms with Crippen LogP contribution in [0.2, 0.25) is 15.1 Å². The fourth-order valence-electron chi connectivity index (χ4n) is 4.48. The molecular formula is C30H12Cl3F23O2S. The summed E-state index contributed by atoms with van der Waals surface area (Å²) in [6.07, 6.45) is -8.18. The quantitative estimate of drug-likeness (QED) is 0.151. The highest BCUT2D eigenvalue weighted by Crippen LogP contribution is 2.71. The van der Waals surface area contributed by atoms with Crippen molar-refractivity contribution in [1.29, 1.82) is 0 Å². The Kier molecular flexibility index (Phi) is 12.7. The Morgan fingerprint density at radius 2 is 0.559 bits per heavy atom. The molecule has 0 fully saturated rings. The molecular weight excluding hydrogens is 968 g/mol. The zero-order valence-electron chi connectivity index (χ0n) is 27.0. The third-order valence-electron chi connectivity index (χ3n) is 7.80. The molecule has 29 heteroatoms. The monoisotopic (exact) mass is 978 g/mol. The SMILES string of the molecule is O=C(OS(c1ccc(Cl)cc1)(c1ccc(Cl)cc1)c1ccc(Cl)cc1)C(F)(F)C(F)(F)C(F)(F)C(F)(F)C(F)(F)C(F)(F)C(F)(F)C(F)(F)C(F)(F)C(F)(F)C(F)(F)F. The van der Waals surface area contributed by atoms with Crippen LogP contribution in [0.1, 0.15) is 0 Å². The van der Waals surface area contributed by atoms with Gasteiger partial charge in [-0.3, -0.25) is 0 Å². The van der Waals surface area contributed by atoms with Crippen molar-refractivity contribution in [3.05, 3.63) is 87.9 Å². The van der Waals surface area contributed by atoms with Crippen molar-refractivity contribution in [1.82, 2.24) is 0 Å². The number of carbonyl (C=O) groups is 1. The Morgan fingerprint density at radius 1 is 0.356 bits per heavy atom. The lowest BCUT2D eigenvalue weighted by Gasteiger charge is -2.45. The summed E-state index contributed by atoms with van der Waals surface area (Å²) in [4.78, 5) is 11.1. The number of rotatable bonds is 14. The summed E-state index contributed by atoms with van der Waals surface area (Å²) in [7, 11) is -4.56. The summed E-state index contributed by atoms with van der Waals surface area (Å²) in [6, 6.07) is 10.1. The number of halogens is 26. The molecule has 0 saturated heterocycles. The largest absolute Gasteiger partial charge is 0.460 e. The second kappa shape index (κ2) is 15.0. The third-order valence-corrected chi connectivity index (χ3v) is 11.8. The summed E-state index contributed by atoms with van der Waals surface area (Å²) in [5, 5.41) is -0.630. The minimum Gasteiger partial charge on any atom is -0.397 e. The van der Waals surface area contributed by atoms with Crippen LogP contribution in [0.5, 0.6) is 0 Å². The van der Waals surface area contributed by atoms with Gasteiger partial charge in [-0.2, -0.15) is 101 Å². The van der Waals surface area contributed by atoms with Gasteiger partial charge in [-0.25, -0.2) is 4.79 Å². The highest BCUT2D eigenvalue weighted by Gasteiger charge is 2.99. The lowest BCUT2D eigenvalue weighted by atomic mass is 9.85. The van der Waals surface area contributed by atoms with E-state index in [1.165, 1.54) is 0 Å². The molecule has 0 radical (unpaired) electrons. The Labute approximate surface area is 328 Å². The second-order valence-corrected chi connectivity index (χ2v) is 15.5. The van der Waals surface area contributed by atoms with Crippen molar-refractivity contribution in [2.45, 2.75) is 80.1 Å². The molecule has 59 heavy (non-hydrogen) atoms. The summed E-state index contributed by atoms with van der Waals surface area (Å²) >= 11 is 17.3. The first-order valence-corrected chi connectivity index (χ1v) is 17.0. The smallest absolute Gasteiger partial charge is 0.397 e. The van der Waals surface area contributed by atoms with Crippen molar-refractivity contribution >= 4 is 51.1 Å². The number of hydrogen-bond donors (Lipinski definition) is 0. The van der Waals surface area contributed by atoms with E-state index in [4.69, 9.17) is 34.8 Å². The lowest BCUT2D eigenvalue weighted by Crippen LogP contribution is -2.78. The van der Waals surface area contributed by atoms with Crippen LogP contribution in [0.15, 0.2) is 87.5 Å². The zero-order chi connectivity index (χ0) is 46.2. The van der Waals surface area contributed by atoms with Crippen LogP contribution in [0.25, 0.3) is 0 Å².